The van der Waals surface area contributed by atoms with Gasteiger partial charge in [0, 0.05) is 17.8 Å². The third-order valence-corrected chi connectivity index (χ3v) is 3.02. The normalized spacial score (nSPS) is 10.1. The number of carbonyl (C=O) groups excluding carboxylic acids is 1. The molecule has 0 aliphatic heterocycles. The van der Waals surface area contributed by atoms with Crippen molar-refractivity contribution in [3.05, 3.63) is 59.7 Å². The summed E-state index contributed by atoms with van der Waals surface area (Å²) in [4.78, 5) is 11.9. The highest BCUT2D eigenvalue weighted by molar-refractivity contribution is 5.94. The van der Waals surface area contributed by atoms with Crippen LogP contribution in [0.4, 0.5) is 5.69 Å². The van der Waals surface area contributed by atoms with E-state index in [-0.39, 0.29) is 5.91 Å². The molecule has 3 N–H and O–H groups in total. The van der Waals surface area contributed by atoms with Crippen LogP contribution in [-0.2, 0) is 6.42 Å². The first-order valence-electron chi connectivity index (χ1n) is 6.46. The number of anilines is 1. The van der Waals surface area contributed by atoms with Gasteiger partial charge in [-0.05, 0) is 36.2 Å². The first-order chi connectivity index (χ1) is 9.70. The van der Waals surface area contributed by atoms with Crippen molar-refractivity contribution in [2.75, 3.05) is 19.4 Å². The molecule has 0 aliphatic rings. The summed E-state index contributed by atoms with van der Waals surface area (Å²) < 4.78 is 5.27. The average Bonchev–Trinajstić information content (AvgIpc) is 2.47. The molecule has 0 aliphatic carbocycles. The monoisotopic (exact) mass is 270 g/mol. The molecule has 0 saturated carbocycles. The first kappa shape index (κ1) is 13.9. The highest BCUT2D eigenvalue weighted by Crippen LogP contribution is 2.17. The smallest absolute Gasteiger partial charge is 0.251 e. The summed E-state index contributed by atoms with van der Waals surface area (Å²) in [6.07, 6.45) is 0.720. The maximum Gasteiger partial charge on any atom is 0.251 e. The number of amides is 1. The van der Waals surface area contributed by atoms with Gasteiger partial charge in [-0.2, -0.15) is 0 Å². The molecule has 0 unspecified atom stereocenters. The van der Waals surface area contributed by atoms with Crippen LogP contribution in [0.1, 0.15) is 15.9 Å². The van der Waals surface area contributed by atoms with Gasteiger partial charge in [-0.25, -0.2) is 0 Å². The Balaban J connectivity index is 1.91. The molecule has 0 heterocycles. The van der Waals surface area contributed by atoms with Gasteiger partial charge in [-0.3, -0.25) is 4.79 Å². The molecule has 20 heavy (non-hydrogen) atoms. The lowest BCUT2D eigenvalue weighted by molar-refractivity contribution is 0.0954. The van der Waals surface area contributed by atoms with Gasteiger partial charge in [0.25, 0.3) is 5.91 Å². The minimum absolute atomic E-state index is 0.118. The van der Waals surface area contributed by atoms with Crippen molar-refractivity contribution in [3.63, 3.8) is 0 Å². The molecule has 2 aromatic carbocycles. The van der Waals surface area contributed by atoms with Crippen molar-refractivity contribution in [1.82, 2.24) is 5.32 Å². The Morgan fingerprint density at radius 3 is 2.75 bits per heavy atom. The van der Waals surface area contributed by atoms with E-state index in [4.69, 9.17) is 10.5 Å². The Kier molecular flexibility index (Phi) is 4.60. The van der Waals surface area contributed by atoms with Crippen molar-refractivity contribution in [2.45, 2.75) is 6.42 Å². The number of nitrogen functional groups attached to an aromatic ring is 1. The van der Waals surface area contributed by atoms with Crippen molar-refractivity contribution < 1.29 is 9.53 Å². The van der Waals surface area contributed by atoms with Crippen LogP contribution in [0, 0.1) is 0 Å². The summed E-state index contributed by atoms with van der Waals surface area (Å²) in [5.74, 6) is 0.720. The lowest BCUT2D eigenvalue weighted by Gasteiger charge is -2.09. The Labute approximate surface area is 118 Å². The van der Waals surface area contributed by atoms with Gasteiger partial charge < -0.3 is 15.8 Å². The van der Waals surface area contributed by atoms with E-state index in [2.05, 4.69) is 5.32 Å². The zero-order valence-corrected chi connectivity index (χ0v) is 11.4. The van der Waals surface area contributed by atoms with Gasteiger partial charge in [0.1, 0.15) is 5.75 Å². The van der Waals surface area contributed by atoms with Crippen LogP contribution >= 0.6 is 0 Å². The minimum atomic E-state index is -0.118. The Bertz CT molecular complexity index is 597. The summed E-state index contributed by atoms with van der Waals surface area (Å²) in [5, 5.41) is 2.88. The molecule has 0 fully saturated rings. The van der Waals surface area contributed by atoms with Crippen LogP contribution in [0.15, 0.2) is 48.5 Å². The zero-order chi connectivity index (χ0) is 14.4. The Morgan fingerprint density at radius 2 is 2.00 bits per heavy atom. The number of nitrogens with one attached hydrogen (secondary N) is 1. The summed E-state index contributed by atoms with van der Waals surface area (Å²) >= 11 is 0. The molecule has 0 bridgehead atoms. The number of benzene rings is 2. The predicted octanol–water partition coefficient (Wildman–Crippen LogP) is 2.25. The summed E-state index contributed by atoms with van der Waals surface area (Å²) in [5.41, 5.74) is 7.89. The SMILES string of the molecule is COc1ccccc1CCNC(=O)c1cccc(N)c1. The lowest BCUT2D eigenvalue weighted by atomic mass is 10.1. The summed E-state index contributed by atoms with van der Waals surface area (Å²) in [6, 6.07) is 14.7. The van der Waals surface area contributed by atoms with E-state index in [0.717, 1.165) is 17.7 Å². The maximum absolute atomic E-state index is 11.9. The second kappa shape index (κ2) is 6.61. The van der Waals surface area contributed by atoms with Crippen molar-refractivity contribution in [3.8, 4) is 5.75 Å². The second-order valence-corrected chi connectivity index (χ2v) is 4.44. The zero-order valence-electron chi connectivity index (χ0n) is 11.4. The van der Waals surface area contributed by atoms with E-state index in [0.29, 0.717) is 17.8 Å². The van der Waals surface area contributed by atoms with Gasteiger partial charge in [0.05, 0.1) is 7.11 Å². The molecular weight excluding hydrogens is 252 g/mol. The average molecular weight is 270 g/mol. The number of nitrogens with two attached hydrogens (primary N) is 1. The van der Waals surface area contributed by atoms with E-state index in [1.54, 1.807) is 31.4 Å². The van der Waals surface area contributed by atoms with Crippen LogP contribution < -0.4 is 15.8 Å². The first-order valence-corrected chi connectivity index (χ1v) is 6.46. The molecule has 0 aromatic heterocycles. The molecule has 0 radical (unpaired) electrons. The van der Waals surface area contributed by atoms with Gasteiger partial charge in [0.15, 0.2) is 0 Å². The molecule has 104 valence electrons. The number of hydrogen-bond acceptors (Lipinski definition) is 3. The Morgan fingerprint density at radius 1 is 1.20 bits per heavy atom. The van der Waals surface area contributed by atoms with Crippen LogP contribution in [-0.4, -0.2) is 19.6 Å². The molecule has 0 saturated heterocycles. The van der Waals surface area contributed by atoms with Crippen LogP contribution in [0.3, 0.4) is 0 Å². The van der Waals surface area contributed by atoms with E-state index in [1.165, 1.54) is 0 Å². The van der Waals surface area contributed by atoms with Crippen molar-refractivity contribution in [2.24, 2.45) is 0 Å². The van der Waals surface area contributed by atoms with Crippen molar-refractivity contribution in [1.29, 1.82) is 0 Å². The van der Waals surface area contributed by atoms with Crippen LogP contribution in [0.2, 0.25) is 0 Å². The number of ether oxygens (including phenoxy) is 1. The molecule has 2 aromatic rings. The fourth-order valence-corrected chi connectivity index (χ4v) is 2.00. The molecule has 0 spiro atoms. The highest BCUT2D eigenvalue weighted by atomic mass is 16.5. The van der Waals surface area contributed by atoms with Crippen LogP contribution in [0.25, 0.3) is 0 Å². The number of hydrogen-bond donors (Lipinski definition) is 2. The van der Waals surface area contributed by atoms with E-state index < -0.39 is 0 Å². The number of carbonyl (C=O) groups is 1. The van der Waals surface area contributed by atoms with Gasteiger partial charge in [-0.15, -0.1) is 0 Å². The number of para-hydroxylation sites is 1. The minimum Gasteiger partial charge on any atom is -0.496 e. The maximum atomic E-state index is 11.9. The fraction of sp³-hybridized carbons (Fsp3) is 0.188. The molecule has 4 heteroatoms. The molecule has 1 amide bonds. The summed E-state index contributed by atoms with van der Waals surface area (Å²) in [6.45, 7) is 0.550. The fourth-order valence-electron chi connectivity index (χ4n) is 2.00. The number of rotatable bonds is 5. The van der Waals surface area contributed by atoms with Crippen LogP contribution in [0.5, 0.6) is 5.75 Å². The molecule has 2 rings (SSSR count). The van der Waals surface area contributed by atoms with Gasteiger partial charge >= 0.3 is 0 Å². The van der Waals surface area contributed by atoms with Gasteiger partial charge in [-0.1, -0.05) is 24.3 Å². The van der Waals surface area contributed by atoms with E-state index >= 15 is 0 Å². The quantitative estimate of drug-likeness (QED) is 0.819. The Hall–Kier alpha value is -2.49. The molecular formula is C16H18N2O2. The topological polar surface area (TPSA) is 64.3 Å². The lowest BCUT2D eigenvalue weighted by Crippen LogP contribution is -2.25. The second-order valence-electron chi connectivity index (χ2n) is 4.44. The number of methoxy groups -OCH3 is 1. The van der Waals surface area contributed by atoms with Crippen molar-refractivity contribution >= 4 is 11.6 Å². The van der Waals surface area contributed by atoms with E-state index in [1.807, 2.05) is 24.3 Å². The predicted molar refractivity (Wildman–Crippen MR) is 79.9 cm³/mol. The van der Waals surface area contributed by atoms with E-state index in [9.17, 15) is 4.79 Å². The molecule has 4 nitrogen and oxygen atoms in total. The summed E-state index contributed by atoms with van der Waals surface area (Å²) in [7, 11) is 1.64. The van der Waals surface area contributed by atoms with Gasteiger partial charge in [0.2, 0.25) is 0 Å². The largest absolute Gasteiger partial charge is 0.496 e. The third kappa shape index (κ3) is 3.51. The third-order valence-electron chi connectivity index (χ3n) is 3.02. The highest BCUT2D eigenvalue weighted by Gasteiger charge is 2.06. The molecule has 0 atom stereocenters. The standard InChI is InChI=1S/C16H18N2O2/c1-20-15-8-3-2-5-12(15)9-10-18-16(19)13-6-4-7-14(17)11-13/h2-8,11H,9-10,17H2,1H3,(H,18,19).